The zero-order chi connectivity index (χ0) is 30.1. The molecule has 0 bridgehead atoms. The van der Waals surface area contributed by atoms with Gasteiger partial charge in [0.25, 0.3) is 0 Å². The highest BCUT2D eigenvalue weighted by atomic mass is 32.1. The van der Waals surface area contributed by atoms with Gasteiger partial charge in [-0.15, -0.1) is 0 Å². The number of aromatic nitrogens is 1. The van der Waals surface area contributed by atoms with Gasteiger partial charge in [0.2, 0.25) is 17.7 Å². The van der Waals surface area contributed by atoms with Crippen molar-refractivity contribution < 1.29 is 29.4 Å². The number of rotatable bonds is 14. The molecular weight excluding hydrogens is 546 g/mol. The van der Waals surface area contributed by atoms with Gasteiger partial charge in [-0.3, -0.25) is 14.4 Å². The van der Waals surface area contributed by atoms with Crippen molar-refractivity contribution >= 4 is 47.2 Å². The predicted octanol–water partition coefficient (Wildman–Crippen LogP) is 1.50. The lowest BCUT2D eigenvalue weighted by molar-refractivity contribution is -0.142. The first-order valence-corrected chi connectivity index (χ1v) is 13.9. The van der Waals surface area contributed by atoms with Crippen LogP contribution in [0.1, 0.15) is 31.4 Å². The average molecular weight is 584 g/mol. The summed E-state index contributed by atoms with van der Waals surface area (Å²) in [6, 6.07) is 9.30. The Balaban J connectivity index is 1.71. The summed E-state index contributed by atoms with van der Waals surface area (Å²) < 4.78 is 0. The molecule has 41 heavy (non-hydrogen) atoms. The van der Waals surface area contributed by atoms with E-state index in [9.17, 15) is 29.4 Å². The van der Waals surface area contributed by atoms with Crippen molar-refractivity contribution in [2.24, 2.45) is 11.7 Å². The van der Waals surface area contributed by atoms with Crippen molar-refractivity contribution in [3.8, 4) is 5.75 Å². The maximum Gasteiger partial charge on any atom is 0.326 e. The highest BCUT2D eigenvalue weighted by Gasteiger charge is 2.30. The van der Waals surface area contributed by atoms with E-state index in [0.29, 0.717) is 5.56 Å². The molecule has 0 aliphatic heterocycles. The maximum absolute atomic E-state index is 13.2. The van der Waals surface area contributed by atoms with Crippen molar-refractivity contribution in [3.05, 3.63) is 65.9 Å². The van der Waals surface area contributed by atoms with Gasteiger partial charge in [0.15, 0.2) is 0 Å². The monoisotopic (exact) mass is 583 g/mol. The molecule has 1 aromatic heterocycles. The molecule has 0 aliphatic carbocycles. The first-order valence-electron chi connectivity index (χ1n) is 13.3. The number of fused-ring (bicyclic) bond motifs is 1. The third-order valence-corrected chi connectivity index (χ3v) is 6.96. The van der Waals surface area contributed by atoms with E-state index in [0.717, 1.165) is 16.5 Å². The van der Waals surface area contributed by atoms with Crippen LogP contribution in [-0.2, 0) is 32.0 Å². The normalized spacial score (nSPS) is 14.2. The van der Waals surface area contributed by atoms with Crippen molar-refractivity contribution in [2.45, 2.75) is 57.3 Å². The number of para-hydroxylation sites is 1. The molecule has 0 radical (unpaired) electrons. The van der Waals surface area contributed by atoms with Crippen LogP contribution in [0, 0.1) is 5.92 Å². The van der Waals surface area contributed by atoms with Gasteiger partial charge in [0.05, 0.1) is 6.04 Å². The van der Waals surface area contributed by atoms with Crippen LogP contribution in [0.3, 0.4) is 0 Å². The third-order valence-electron chi connectivity index (χ3n) is 6.60. The van der Waals surface area contributed by atoms with Crippen LogP contribution in [0.15, 0.2) is 54.7 Å². The number of phenols is 1. The molecule has 3 amide bonds. The lowest BCUT2D eigenvalue weighted by Gasteiger charge is -2.25. The minimum absolute atomic E-state index is 0.00113. The number of aromatic amines is 1. The molecule has 3 rings (SSSR count). The summed E-state index contributed by atoms with van der Waals surface area (Å²) in [7, 11) is 0. The molecule has 0 spiro atoms. The molecule has 4 unspecified atom stereocenters. The second-order valence-corrected chi connectivity index (χ2v) is 10.7. The Bertz CT molecular complexity index is 1360. The molecule has 3 aromatic rings. The SMILES string of the molecule is CC(C)CC(NC(=O)C(Cc1ccc(O)cc1)NC(=O)C(CS)NC(=O)C(N)Cc1c[nH]c2ccccc12)C(=O)O. The lowest BCUT2D eigenvalue weighted by atomic mass is 10.0. The van der Waals surface area contributed by atoms with E-state index in [4.69, 9.17) is 5.73 Å². The summed E-state index contributed by atoms with van der Waals surface area (Å²) in [5, 5.41) is 27.9. The Morgan fingerprint density at radius 1 is 0.878 bits per heavy atom. The second kappa shape index (κ2) is 14.6. The highest BCUT2D eigenvalue weighted by molar-refractivity contribution is 7.80. The fourth-order valence-corrected chi connectivity index (χ4v) is 4.67. The number of amides is 3. The minimum atomic E-state index is -1.19. The smallest absolute Gasteiger partial charge is 0.326 e. The second-order valence-electron chi connectivity index (χ2n) is 10.4. The Kier molecular flexibility index (Phi) is 11.2. The number of nitrogens with one attached hydrogen (secondary N) is 4. The molecule has 12 heteroatoms. The number of nitrogens with two attached hydrogens (primary N) is 1. The lowest BCUT2D eigenvalue weighted by Crippen LogP contribution is -2.58. The predicted molar refractivity (Wildman–Crippen MR) is 159 cm³/mol. The number of aliphatic carboxylic acids is 1. The molecule has 0 fully saturated rings. The minimum Gasteiger partial charge on any atom is -0.508 e. The van der Waals surface area contributed by atoms with Crippen molar-refractivity contribution in [3.63, 3.8) is 0 Å². The van der Waals surface area contributed by atoms with Crippen LogP contribution in [0.5, 0.6) is 5.75 Å². The number of carbonyl (C=O) groups excluding carboxylic acids is 3. The number of H-pyrrole nitrogens is 1. The molecule has 11 nitrogen and oxygen atoms in total. The quantitative estimate of drug-likeness (QED) is 0.132. The van der Waals surface area contributed by atoms with Gasteiger partial charge in [-0.05, 0) is 48.1 Å². The van der Waals surface area contributed by atoms with E-state index in [1.165, 1.54) is 12.1 Å². The fourth-order valence-electron chi connectivity index (χ4n) is 4.42. The van der Waals surface area contributed by atoms with Crippen LogP contribution in [0.25, 0.3) is 10.9 Å². The van der Waals surface area contributed by atoms with E-state index < -0.39 is 47.9 Å². The number of phenolic OH excluding ortho intramolecular Hbond substituents is 1. The van der Waals surface area contributed by atoms with E-state index in [-0.39, 0.29) is 36.7 Å². The standard InChI is InChI=1S/C29H37N5O6S/c1-16(2)11-24(29(39)40)33-27(37)23(12-17-7-9-19(35)10-8-17)32-28(38)25(15-41)34-26(36)21(30)13-18-14-31-22-6-4-3-5-20(18)22/h3-10,14,16,21,23-25,31,35,41H,11-13,15,30H2,1-2H3,(H,32,38)(H,33,37)(H,34,36)(H,39,40). The van der Waals surface area contributed by atoms with Crippen molar-refractivity contribution in [1.29, 1.82) is 0 Å². The number of thiol groups is 1. The van der Waals surface area contributed by atoms with Crippen LogP contribution < -0.4 is 21.7 Å². The van der Waals surface area contributed by atoms with E-state index >= 15 is 0 Å². The van der Waals surface area contributed by atoms with E-state index in [1.807, 2.05) is 38.1 Å². The van der Waals surface area contributed by atoms with Crippen LogP contribution in [0.2, 0.25) is 0 Å². The Labute approximate surface area is 243 Å². The number of aromatic hydroxyl groups is 1. The largest absolute Gasteiger partial charge is 0.508 e. The van der Waals surface area contributed by atoms with Gasteiger partial charge in [0.1, 0.15) is 23.9 Å². The topological polar surface area (TPSA) is 187 Å². The summed E-state index contributed by atoms with van der Waals surface area (Å²) in [6.45, 7) is 3.67. The molecule has 8 N–H and O–H groups in total. The van der Waals surface area contributed by atoms with Crippen molar-refractivity contribution in [1.82, 2.24) is 20.9 Å². The van der Waals surface area contributed by atoms with Gasteiger partial charge in [-0.2, -0.15) is 12.6 Å². The number of hydrogen-bond acceptors (Lipinski definition) is 7. The molecule has 0 saturated carbocycles. The van der Waals surface area contributed by atoms with Crippen LogP contribution >= 0.6 is 12.6 Å². The van der Waals surface area contributed by atoms with Gasteiger partial charge in [-0.1, -0.05) is 44.2 Å². The summed E-state index contributed by atoms with van der Waals surface area (Å²) in [5.74, 6) is -3.17. The fraction of sp³-hybridized carbons (Fsp3) is 0.379. The molecule has 4 atom stereocenters. The molecule has 1 heterocycles. The van der Waals surface area contributed by atoms with Gasteiger partial charge in [-0.25, -0.2) is 4.79 Å². The molecule has 0 saturated heterocycles. The van der Waals surface area contributed by atoms with Gasteiger partial charge < -0.3 is 36.9 Å². The summed E-state index contributed by atoms with van der Waals surface area (Å²) in [4.78, 5) is 54.2. The van der Waals surface area contributed by atoms with Crippen LogP contribution in [-0.4, -0.2) is 68.8 Å². The number of carboxylic acid groups (broad SMARTS) is 1. The van der Waals surface area contributed by atoms with Crippen molar-refractivity contribution in [2.75, 3.05) is 5.75 Å². The molecule has 0 aliphatic rings. The summed E-state index contributed by atoms with van der Waals surface area (Å²) >= 11 is 4.21. The maximum atomic E-state index is 13.2. The summed E-state index contributed by atoms with van der Waals surface area (Å²) in [5.41, 5.74) is 8.56. The number of carboxylic acids is 1. The number of carbonyl (C=O) groups is 4. The molecule has 2 aromatic carbocycles. The molecule has 220 valence electrons. The number of hydrogen-bond donors (Lipinski definition) is 8. The average Bonchev–Trinajstić information content (AvgIpc) is 3.34. The Morgan fingerprint density at radius 2 is 1.49 bits per heavy atom. The van der Waals surface area contributed by atoms with Gasteiger partial charge in [0, 0.05) is 29.3 Å². The van der Waals surface area contributed by atoms with Crippen LogP contribution in [0.4, 0.5) is 0 Å². The molecular formula is C29H37N5O6S. The van der Waals surface area contributed by atoms with E-state index in [1.54, 1.807) is 18.3 Å². The highest BCUT2D eigenvalue weighted by Crippen LogP contribution is 2.19. The first kappa shape index (κ1) is 31.5. The third kappa shape index (κ3) is 8.98. The van der Waals surface area contributed by atoms with Gasteiger partial charge >= 0.3 is 5.97 Å². The summed E-state index contributed by atoms with van der Waals surface area (Å²) in [6.07, 6.45) is 2.23. The Hall–Kier alpha value is -4.03. The van der Waals surface area contributed by atoms with E-state index in [2.05, 4.69) is 33.6 Å². The Morgan fingerprint density at radius 3 is 2.12 bits per heavy atom. The zero-order valence-corrected chi connectivity index (χ0v) is 23.9. The number of benzene rings is 2. The zero-order valence-electron chi connectivity index (χ0n) is 23.0. The first-order chi connectivity index (χ1) is 19.5.